The van der Waals surface area contributed by atoms with Crippen molar-refractivity contribution in [3.05, 3.63) is 29.0 Å². The molecule has 64 valence electrons. The van der Waals surface area contributed by atoms with Crippen LogP contribution in [0.4, 0.5) is 0 Å². The Bertz CT molecular complexity index is 286. The van der Waals surface area contributed by atoms with E-state index in [1.165, 1.54) is 12.3 Å². The van der Waals surface area contributed by atoms with Gasteiger partial charge in [0.25, 0.3) is 0 Å². The highest BCUT2D eigenvalue weighted by atomic mass is 35.5. The summed E-state index contributed by atoms with van der Waals surface area (Å²) in [5, 5.41) is 8.96. The molecule has 0 bridgehead atoms. The van der Waals surface area contributed by atoms with Gasteiger partial charge in [0.15, 0.2) is 0 Å². The molecule has 1 heterocycles. The van der Waals surface area contributed by atoms with Crippen LogP contribution in [0.15, 0.2) is 18.3 Å². The van der Waals surface area contributed by atoms with Crippen molar-refractivity contribution >= 4 is 17.6 Å². The standard InChI is InChI=1S/C7H7ClN2O2/c8-4-1-2-5(10-3-4)6(9)7(11)12/h1-3,6H,9H2,(H,11,12). The van der Waals surface area contributed by atoms with Gasteiger partial charge in [0, 0.05) is 6.20 Å². The number of rotatable bonds is 2. The number of aliphatic carboxylic acids is 1. The van der Waals surface area contributed by atoms with Gasteiger partial charge in [0.05, 0.1) is 10.7 Å². The van der Waals surface area contributed by atoms with E-state index < -0.39 is 12.0 Å². The average molecular weight is 187 g/mol. The van der Waals surface area contributed by atoms with Crippen molar-refractivity contribution in [1.82, 2.24) is 4.98 Å². The Hall–Kier alpha value is -1.13. The van der Waals surface area contributed by atoms with Crippen LogP contribution in [0.3, 0.4) is 0 Å². The minimum absolute atomic E-state index is 0.298. The number of carbonyl (C=O) groups is 1. The second-order valence-corrected chi connectivity index (χ2v) is 2.65. The van der Waals surface area contributed by atoms with Gasteiger partial charge in [-0.25, -0.2) is 0 Å². The molecule has 1 atom stereocenters. The zero-order valence-corrected chi connectivity index (χ0v) is 6.82. The van der Waals surface area contributed by atoms with E-state index in [1.54, 1.807) is 6.07 Å². The number of nitrogens with zero attached hydrogens (tertiary/aromatic N) is 1. The fourth-order valence-electron chi connectivity index (χ4n) is 0.698. The van der Waals surface area contributed by atoms with E-state index in [0.29, 0.717) is 10.7 Å². The summed E-state index contributed by atoms with van der Waals surface area (Å²) in [6, 6.07) is 1.95. The maximum Gasteiger partial charge on any atom is 0.326 e. The quantitative estimate of drug-likeness (QED) is 0.717. The van der Waals surface area contributed by atoms with Crippen LogP contribution in [-0.4, -0.2) is 16.1 Å². The second kappa shape index (κ2) is 3.51. The Morgan fingerprint density at radius 3 is 2.75 bits per heavy atom. The molecule has 0 spiro atoms. The van der Waals surface area contributed by atoms with Gasteiger partial charge in [-0.3, -0.25) is 9.78 Å². The molecular formula is C7H7ClN2O2. The summed E-state index contributed by atoms with van der Waals surface area (Å²) in [6.07, 6.45) is 1.36. The monoisotopic (exact) mass is 186 g/mol. The maximum absolute atomic E-state index is 10.4. The molecule has 1 aromatic rings. The molecule has 1 aromatic heterocycles. The third kappa shape index (κ3) is 1.93. The Balaban J connectivity index is 2.89. The molecule has 0 saturated heterocycles. The van der Waals surface area contributed by atoms with Crippen LogP contribution in [-0.2, 0) is 4.79 Å². The molecule has 1 rings (SSSR count). The smallest absolute Gasteiger partial charge is 0.326 e. The molecule has 0 aliphatic rings. The molecule has 12 heavy (non-hydrogen) atoms. The summed E-state index contributed by atoms with van der Waals surface area (Å²) in [7, 11) is 0. The van der Waals surface area contributed by atoms with Crippen molar-refractivity contribution in [2.75, 3.05) is 0 Å². The number of hydrogen-bond acceptors (Lipinski definition) is 3. The van der Waals surface area contributed by atoms with Gasteiger partial charge in [-0.15, -0.1) is 0 Å². The highest BCUT2D eigenvalue weighted by molar-refractivity contribution is 6.30. The van der Waals surface area contributed by atoms with Gasteiger partial charge in [-0.05, 0) is 12.1 Å². The van der Waals surface area contributed by atoms with Crippen molar-refractivity contribution in [2.45, 2.75) is 6.04 Å². The molecule has 0 radical (unpaired) electrons. The zero-order chi connectivity index (χ0) is 9.14. The number of carboxylic acids is 1. The summed E-state index contributed by atoms with van der Waals surface area (Å²) in [4.78, 5) is 14.1. The summed E-state index contributed by atoms with van der Waals surface area (Å²) >= 11 is 5.55. The lowest BCUT2D eigenvalue weighted by atomic mass is 10.2. The van der Waals surface area contributed by atoms with Crippen molar-refractivity contribution in [1.29, 1.82) is 0 Å². The SMILES string of the molecule is NC(C(=O)O)c1ccc(Cl)cn1. The summed E-state index contributed by atoms with van der Waals surface area (Å²) < 4.78 is 0. The number of hydrogen-bond donors (Lipinski definition) is 2. The molecule has 3 N–H and O–H groups in total. The zero-order valence-electron chi connectivity index (χ0n) is 6.07. The van der Waals surface area contributed by atoms with E-state index >= 15 is 0 Å². The minimum atomic E-state index is -1.11. The first-order valence-electron chi connectivity index (χ1n) is 3.21. The third-order valence-corrected chi connectivity index (χ3v) is 1.56. The number of pyridine rings is 1. The van der Waals surface area contributed by atoms with Crippen LogP contribution < -0.4 is 5.73 Å². The van der Waals surface area contributed by atoms with Crippen molar-refractivity contribution < 1.29 is 9.90 Å². The molecule has 5 heteroatoms. The summed E-state index contributed by atoms with van der Waals surface area (Å²) in [6.45, 7) is 0. The van der Waals surface area contributed by atoms with Gasteiger partial charge < -0.3 is 10.8 Å². The lowest BCUT2D eigenvalue weighted by molar-refractivity contribution is -0.138. The lowest BCUT2D eigenvalue weighted by Crippen LogP contribution is -2.21. The first-order chi connectivity index (χ1) is 5.61. The normalized spacial score (nSPS) is 12.5. The van der Waals surface area contributed by atoms with Gasteiger partial charge >= 0.3 is 5.97 Å². The van der Waals surface area contributed by atoms with E-state index in [0.717, 1.165) is 0 Å². The topological polar surface area (TPSA) is 76.2 Å². The van der Waals surface area contributed by atoms with E-state index in [4.69, 9.17) is 22.4 Å². The van der Waals surface area contributed by atoms with E-state index in [2.05, 4.69) is 4.98 Å². The summed E-state index contributed by atoms with van der Waals surface area (Å²) in [5.41, 5.74) is 5.58. The predicted octanol–water partition coefficient (Wildman–Crippen LogP) is 0.819. The van der Waals surface area contributed by atoms with E-state index in [9.17, 15) is 4.79 Å². The Kier molecular flexibility index (Phi) is 2.62. The van der Waals surface area contributed by atoms with Crippen LogP contribution in [0.2, 0.25) is 5.02 Å². The number of carboxylic acid groups (broad SMARTS) is 1. The molecule has 0 aromatic carbocycles. The highest BCUT2D eigenvalue weighted by Gasteiger charge is 2.14. The van der Waals surface area contributed by atoms with Crippen LogP contribution in [0.25, 0.3) is 0 Å². The molecule has 1 unspecified atom stereocenters. The number of nitrogens with two attached hydrogens (primary N) is 1. The number of aromatic nitrogens is 1. The summed E-state index contributed by atoms with van der Waals surface area (Å²) in [5.74, 6) is -1.11. The minimum Gasteiger partial charge on any atom is -0.480 e. The lowest BCUT2D eigenvalue weighted by Gasteiger charge is -2.04. The molecule has 0 aliphatic carbocycles. The highest BCUT2D eigenvalue weighted by Crippen LogP contribution is 2.10. The number of halogens is 1. The largest absolute Gasteiger partial charge is 0.480 e. The van der Waals surface area contributed by atoms with Gasteiger partial charge in [0.2, 0.25) is 0 Å². The van der Waals surface area contributed by atoms with E-state index in [-0.39, 0.29) is 0 Å². The van der Waals surface area contributed by atoms with Gasteiger partial charge in [-0.2, -0.15) is 0 Å². The Morgan fingerprint density at radius 2 is 2.33 bits per heavy atom. The fraction of sp³-hybridized carbons (Fsp3) is 0.143. The predicted molar refractivity (Wildman–Crippen MR) is 43.8 cm³/mol. The van der Waals surface area contributed by atoms with Gasteiger partial charge in [-0.1, -0.05) is 11.6 Å². The first-order valence-corrected chi connectivity index (χ1v) is 3.59. The van der Waals surface area contributed by atoms with Crippen molar-refractivity contribution in [3.8, 4) is 0 Å². The van der Waals surface area contributed by atoms with Crippen LogP contribution in [0.1, 0.15) is 11.7 Å². The first kappa shape index (κ1) is 8.96. The van der Waals surface area contributed by atoms with Crippen LogP contribution >= 0.6 is 11.6 Å². The van der Waals surface area contributed by atoms with E-state index in [1.807, 2.05) is 0 Å². The third-order valence-electron chi connectivity index (χ3n) is 1.33. The van der Waals surface area contributed by atoms with Crippen LogP contribution in [0, 0.1) is 0 Å². The van der Waals surface area contributed by atoms with Gasteiger partial charge in [0.1, 0.15) is 6.04 Å². The van der Waals surface area contributed by atoms with Crippen LogP contribution in [0.5, 0.6) is 0 Å². The molecule has 0 fully saturated rings. The van der Waals surface area contributed by atoms with Crippen molar-refractivity contribution in [3.63, 3.8) is 0 Å². The Morgan fingerprint density at radius 1 is 1.67 bits per heavy atom. The average Bonchev–Trinajstić information content (AvgIpc) is 2.04. The molecule has 0 amide bonds. The second-order valence-electron chi connectivity index (χ2n) is 2.22. The van der Waals surface area contributed by atoms with Crippen molar-refractivity contribution in [2.24, 2.45) is 5.73 Å². The molecule has 0 aliphatic heterocycles. The maximum atomic E-state index is 10.4. The molecule has 0 saturated carbocycles. The fourth-order valence-corrected chi connectivity index (χ4v) is 0.810. The molecular weight excluding hydrogens is 180 g/mol. The Labute approximate surface area is 74.0 Å². The molecule has 4 nitrogen and oxygen atoms in total.